The summed E-state index contributed by atoms with van der Waals surface area (Å²) >= 11 is 3.44. The summed E-state index contributed by atoms with van der Waals surface area (Å²) in [6, 6.07) is 5.52. The molecule has 4 heteroatoms. The number of aliphatic carboxylic acids is 1. The average Bonchev–Trinajstić information content (AvgIpc) is 2.22. The van der Waals surface area contributed by atoms with E-state index in [1.54, 1.807) is 0 Å². The summed E-state index contributed by atoms with van der Waals surface area (Å²) in [6.07, 6.45) is 0. The van der Waals surface area contributed by atoms with Gasteiger partial charge in [0.25, 0.3) is 0 Å². The summed E-state index contributed by atoms with van der Waals surface area (Å²) in [7, 11) is 0. The molecule has 0 aliphatic rings. The molecule has 0 bridgehead atoms. The maximum absolute atomic E-state index is 11.0. The minimum absolute atomic E-state index is 0.0732. The standard InChI is InChI=1S/C13H18BrNO2/c1-8(2)12(13(16)17)15-7-10-4-5-11(14)9(3)6-10/h4-6,8,12,15H,7H2,1-3H3,(H,16,17)/t12-/m0/s1. The van der Waals surface area contributed by atoms with Crippen LogP contribution >= 0.6 is 15.9 Å². The molecule has 0 heterocycles. The van der Waals surface area contributed by atoms with Gasteiger partial charge >= 0.3 is 5.97 Å². The first-order chi connectivity index (χ1) is 7.91. The van der Waals surface area contributed by atoms with Crippen molar-refractivity contribution in [3.8, 4) is 0 Å². The van der Waals surface area contributed by atoms with Gasteiger partial charge in [-0.3, -0.25) is 4.79 Å². The van der Waals surface area contributed by atoms with Crippen molar-refractivity contribution in [1.29, 1.82) is 0 Å². The molecule has 0 aliphatic heterocycles. The van der Waals surface area contributed by atoms with Crippen molar-refractivity contribution in [3.63, 3.8) is 0 Å². The van der Waals surface area contributed by atoms with E-state index in [1.165, 1.54) is 0 Å². The second-order valence-corrected chi connectivity index (χ2v) is 5.38. The molecule has 0 spiro atoms. The number of hydrogen-bond donors (Lipinski definition) is 2. The number of benzene rings is 1. The molecule has 1 atom stereocenters. The molecule has 1 aromatic rings. The molecule has 0 saturated heterocycles. The number of carboxylic acid groups (broad SMARTS) is 1. The Morgan fingerprint density at radius 2 is 2.12 bits per heavy atom. The number of nitrogens with one attached hydrogen (secondary N) is 1. The zero-order valence-corrected chi connectivity index (χ0v) is 11.9. The zero-order chi connectivity index (χ0) is 13.0. The van der Waals surface area contributed by atoms with Crippen LogP contribution in [0.1, 0.15) is 25.0 Å². The zero-order valence-electron chi connectivity index (χ0n) is 10.3. The third-order valence-electron chi connectivity index (χ3n) is 2.68. The molecule has 2 N–H and O–H groups in total. The highest BCUT2D eigenvalue weighted by Crippen LogP contribution is 2.17. The largest absolute Gasteiger partial charge is 0.480 e. The fourth-order valence-electron chi connectivity index (χ4n) is 1.65. The van der Waals surface area contributed by atoms with Crippen LogP contribution in [0.5, 0.6) is 0 Å². The molecule has 1 rings (SSSR count). The summed E-state index contributed by atoms with van der Waals surface area (Å²) in [5.74, 6) is -0.724. The molecule has 94 valence electrons. The molecule has 0 aliphatic carbocycles. The van der Waals surface area contributed by atoms with Gasteiger partial charge in [-0.15, -0.1) is 0 Å². The van der Waals surface area contributed by atoms with Gasteiger partial charge in [0.15, 0.2) is 0 Å². The van der Waals surface area contributed by atoms with Crippen molar-refractivity contribution < 1.29 is 9.90 Å². The molecule has 1 aromatic carbocycles. The minimum Gasteiger partial charge on any atom is -0.480 e. The number of halogens is 1. The predicted octanol–water partition coefficient (Wildman–Crippen LogP) is 2.96. The van der Waals surface area contributed by atoms with E-state index in [4.69, 9.17) is 5.11 Å². The lowest BCUT2D eigenvalue weighted by molar-refractivity contribution is -0.140. The van der Waals surface area contributed by atoms with E-state index in [-0.39, 0.29) is 5.92 Å². The van der Waals surface area contributed by atoms with Gasteiger partial charge in [-0.05, 0) is 30.0 Å². The molecule has 0 saturated carbocycles. The smallest absolute Gasteiger partial charge is 0.320 e. The van der Waals surface area contributed by atoms with Crippen molar-refractivity contribution >= 4 is 21.9 Å². The summed E-state index contributed by atoms with van der Waals surface area (Å²) < 4.78 is 1.07. The van der Waals surface area contributed by atoms with Gasteiger partial charge in [0.1, 0.15) is 6.04 Å². The molecule has 0 unspecified atom stereocenters. The molecule has 0 fully saturated rings. The highest BCUT2D eigenvalue weighted by atomic mass is 79.9. The highest BCUT2D eigenvalue weighted by Gasteiger charge is 2.20. The fraction of sp³-hybridized carbons (Fsp3) is 0.462. The lowest BCUT2D eigenvalue weighted by atomic mass is 10.0. The van der Waals surface area contributed by atoms with Crippen LogP contribution in [0.4, 0.5) is 0 Å². The van der Waals surface area contributed by atoms with Crippen LogP contribution in [-0.4, -0.2) is 17.1 Å². The Morgan fingerprint density at radius 3 is 2.59 bits per heavy atom. The normalized spacial score (nSPS) is 12.8. The number of carbonyl (C=O) groups is 1. The summed E-state index contributed by atoms with van der Waals surface area (Å²) in [5, 5.41) is 12.1. The van der Waals surface area contributed by atoms with Crippen LogP contribution < -0.4 is 5.32 Å². The first-order valence-corrected chi connectivity index (χ1v) is 6.42. The quantitative estimate of drug-likeness (QED) is 0.879. The second kappa shape index (κ2) is 6.17. The van der Waals surface area contributed by atoms with Crippen molar-refractivity contribution in [3.05, 3.63) is 33.8 Å². The SMILES string of the molecule is Cc1cc(CN[C@H](C(=O)O)C(C)C)ccc1Br. The highest BCUT2D eigenvalue weighted by molar-refractivity contribution is 9.10. The first kappa shape index (κ1) is 14.2. The third-order valence-corrected chi connectivity index (χ3v) is 3.57. The first-order valence-electron chi connectivity index (χ1n) is 5.63. The Labute approximate surface area is 110 Å². The predicted molar refractivity (Wildman–Crippen MR) is 72.0 cm³/mol. The lowest BCUT2D eigenvalue weighted by Gasteiger charge is -2.18. The van der Waals surface area contributed by atoms with E-state index in [1.807, 2.05) is 32.9 Å². The third kappa shape index (κ3) is 4.13. The Balaban J connectivity index is 2.65. The van der Waals surface area contributed by atoms with Crippen LogP contribution in [0.2, 0.25) is 0 Å². The van der Waals surface area contributed by atoms with Crippen LogP contribution in [0.25, 0.3) is 0 Å². The van der Waals surface area contributed by atoms with E-state index in [0.717, 1.165) is 15.6 Å². The summed E-state index contributed by atoms with van der Waals surface area (Å²) in [6.45, 7) is 6.39. The lowest BCUT2D eigenvalue weighted by Crippen LogP contribution is -2.40. The van der Waals surface area contributed by atoms with Crippen molar-refractivity contribution in [2.45, 2.75) is 33.4 Å². The minimum atomic E-state index is -0.797. The molecular weight excluding hydrogens is 282 g/mol. The molecule has 3 nitrogen and oxygen atoms in total. The van der Waals surface area contributed by atoms with Gasteiger partial charge in [0.05, 0.1) is 0 Å². The maximum Gasteiger partial charge on any atom is 0.320 e. The summed E-state index contributed by atoms with van der Waals surface area (Å²) in [4.78, 5) is 11.0. The Bertz CT molecular complexity index is 404. The van der Waals surface area contributed by atoms with Crippen molar-refractivity contribution in [2.24, 2.45) is 5.92 Å². The van der Waals surface area contributed by atoms with Gasteiger partial charge in [-0.25, -0.2) is 0 Å². The summed E-state index contributed by atoms with van der Waals surface area (Å²) in [5.41, 5.74) is 2.25. The van der Waals surface area contributed by atoms with E-state index < -0.39 is 12.0 Å². The number of hydrogen-bond acceptors (Lipinski definition) is 2. The van der Waals surface area contributed by atoms with Crippen LogP contribution in [-0.2, 0) is 11.3 Å². The number of carboxylic acids is 1. The number of rotatable bonds is 5. The fourth-order valence-corrected chi connectivity index (χ4v) is 1.90. The topological polar surface area (TPSA) is 49.3 Å². The number of aryl methyl sites for hydroxylation is 1. The molecule has 17 heavy (non-hydrogen) atoms. The van der Waals surface area contributed by atoms with Crippen LogP contribution in [0.15, 0.2) is 22.7 Å². The molecular formula is C13H18BrNO2. The van der Waals surface area contributed by atoms with Crippen molar-refractivity contribution in [1.82, 2.24) is 5.32 Å². The molecule has 0 radical (unpaired) electrons. The van der Waals surface area contributed by atoms with Gasteiger partial charge in [0.2, 0.25) is 0 Å². The van der Waals surface area contributed by atoms with E-state index >= 15 is 0 Å². The van der Waals surface area contributed by atoms with Gasteiger partial charge < -0.3 is 10.4 Å². The van der Waals surface area contributed by atoms with Crippen LogP contribution in [0.3, 0.4) is 0 Å². The monoisotopic (exact) mass is 299 g/mol. The van der Waals surface area contributed by atoms with Gasteiger partial charge in [0, 0.05) is 11.0 Å². The maximum atomic E-state index is 11.0. The Morgan fingerprint density at radius 1 is 1.47 bits per heavy atom. The average molecular weight is 300 g/mol. The molecule has 0 amide bonds. The Hall–Kier alpha value is -0.870. The Kier molecular flexibility index (Phi) is 5.15. The van der Waals surface area contributed by atoms with E-state index in [2.05, 4.69) is 27.3 Å². The van der Waals surface area contributed by atoms with Gasteiger partial charge in [-0.1, -0.05) is 41.9 Å². The van der Waals surface area contributed by atoms with Crippen LogP contribution in [0, 0.1) is 12.8 Å². The van der Waals surface area contributed by atoms with Gasteiger partial charge in [-0.2, -0.15) is 0 Å². The van der Waals surface area contributed by atoms with E-state index in [9.17, 15) is 4.79 Å². The van der Waals surface area contributed by atoms with E-state index in [0.29, 0.717) is 6.54 Å². The second-order valence-electron chi connectivity index (χ2n) is 4.52. The van der Waals surface area contributed by atoms with Crippen molar-refractivity contribution in [2.75, 3.05) is 0 Å². The molecule has 0 aromatic heterocycles.